The number of carbonyl (C=O) groups excluding carboxylic acids is 1. The largest absolute Gasteiger partial charge is 0.352 e. The lowest BCUT2D eigenvalue weighted by molar-refractivity contribution is 0.0437. The van der Waals surface area contributed by atoms with Crippen LogP contribution in [0.3, 0.4) is 0 Å². The van der Waals surface area contributed by atoms with E-state index in [-0.39, 0.29) is 11.9 Å². The van der Waals surface area contributed by atoms with E-state index >= 15 is 0 Å². The van der Waals surface area contributed by atoms with E-state index in [2.05, 4.69) is 50.6 Å². The monoisotopic (exact) mass is 452 g/mol. The van der Waals surface area contributed by atoms with Crippen molar-refractivity contribution in [3.05, 3.63) is 52.1 Å². The van der Waals surface area contributed by atoms with Gasteiger partial charge in [-0.25, -0.2) is 0 Å². The molecule has 7 nitrogen and oxygen atoms in total. The van der Waals surface area contributed by atoms with Crippen LogP contribution in [0.15, 0.2) is 35.8 Å². The number of hydrogen-bond acceptors (Lipinski definition) is 6. The van der Waals surface area contributed by atoms with Gasteiger partial charge in [-0.3, -0.25) is 19.0 Å². The average Bonchev–Trinajstić information content (AvgIpc) is 3.27. The molecule has 1 aliphatic carbocycles. The Hall–Kier alpha value is -2.29. The Labute approximate surface area is 193 Å². The summed E-state index contributed by atoms with van der Waals surface area (Å²) in [4.78, 5) is 19.2. The third kappa shape index (κ3) is 4.72. The van der Waals surface area contributed by atoms with Gasteiger partial charge in [0.1, 0.15) is 0 Å². The van der Waals surface area contributed by atoms with Gasteiger partial charge in [0, 0.05) is 49.8 Å². The van der Waals surface area contributed by atoms with Gasteiger partial charge in [-0.2, -0.15) is 0 Å². The lowest BCUT2D eigenvalue weighted by atomic mass is 10.1. The number of fused-ring (bicyclic) bond motifs is 1. The highest BCUT2D eigenvalue weighted by Gasteiger charge is 2.35. The third-order valence-electron chi connectivity index (χ3n) is 6.61. The maximum absolute atomic E-state index is 12.8. The molecule has 3 aromatic rings. The zero-order valence-corrected chi connectivity index (χ0v) is 19.7. The summed E-state index contributed by atoms with van der Waals surface area (Å²) in [5, 5.41) is 14.1. The number of amides is 1. The van der Waals surface area contributed by atoms with Crippen molar-refractivity contribution in [3.8, 4) is 0 Å². The number of nitrogens with one attached hydrogen (secondary N) is 1. The number of hydrogen-bond donors (Lipinski definition) is 1. The van der Waals surface area contributed by atoms with Crippen LogP contribution in [0.1, 0.15) is 53.8 Å². The molecule has 1 N–H and O–H groups in total. The Bertz CT molecular complexity index is 1060. The van der Waals surface area contributed by atoms with Crippen molar-refractivity contribution < 1.29 is 4.79 Å². The van der Waals surface area contributed by atoms with E-state index in [1.165, 1.54) is 24.3 Å². The zero-order chi connectivity index (χ0) is 22.1. The molecule has 8 heteroatoms. The van der Waals surface area contributed by atoms with Crippen LogP contribution in [-0.2, 0) is 6.42 Å². The average molecular weight is 453 g/mol. The van der Waals surface area contributed by atoms with Crippen LogP contribution in [0.4, 0.5) is 0 Å². The summed E-state index contributed by atoms with van der Waals surface area (Å²) in [7, 11) is 0. The van der Waals surface area contributed by atoms with Crippen molar-refractivity contribution in [1.82, 2.24) is 29.7 Å². The fraction of sp³-hybridized carbons (Fsp3) is 0.542. The first-order valence-corrected chi connectivity index (χ1v) is 12.6. The van der Waals surface area contributed by atoms with Gasteiger partial charge in [-0.05, 0) is 62.6 Å². The Morgan fingerprint density at radius 2 is 2.09 bits per heavy atom. The van der Waals surface area contributed by atoms with Gasteiger partial charge in [-0.15, -0.1) is 21.5 Å². The molecule has 1 saturated heterocycles. The van der Waals surface area contributed by atoms with E-state index in [1.54, 1.807) is 11.3 Å². The van der Waals surface area contributed by atoms with E-state index in [4.69, 9.17) is 0 Å². The first-order valence-electron chi connectivity index (χ1n) is 11.7. The first-order chi connectivity index (χ1) is 15.6. The number of pyridine rings is 1. The molecule has 1 amide bonds. The minimum atomic E-state index is -0.0529. The molecule has 5 rings (SSSR count). The molecule has 2 aliphatic rings. The van der Waals surface area contributed by atoms with Crippen molar-refractivity contribution in [2.45, 2.75) is 45.2 Å². The predicted molar refractivity (Wildman–Crippen MR) is 127 cm³/mol. The molecule has 1 aliphatic heterocycles. The summed E-state index contributed by atoms with van der Waals surface area (Å²) in [5.74, 6) is 1.76. The number of piperazine rings is 1. The second-order valence-corrected chi connectivity index (χ2v) is 10.4. The van der Waals surface area contributed by atoms with Gasteiger partial charge < -0.3 is 5.32 Å². The number of aromatic nitrogens is 3. The highest BCUT2D eigenvalue weighted by Crippen LogP contribution is 2.33. The van der Waals surface area contributed by atoms with Gasteiger partial charge in [0.05, 0.1) is 11.6 Å². The minimum absolute atomic E-state index is 0.0529. The summed E-state index contributed by atoms with van der Waals surface area (Å²) in [6.45, 7) is 9.43. The molecule has 4 heterocycles. The Morgan fingerprint density at radius 3 is 2.84 bits per heavy atom. The van der Waals surface area contributed by atoms with Gasteiger partial charge in [-0.1, -0.05) is 6.07 Å². The normalized spacial score (nSPS) is 20.3. The molecule has 2 fully saturated rings. The molecule has 32 heavy (non-hydrogen) atoms. The van der Waals surface area contributed by atoms with E-state index in [1.807, 2.05) is 28.8 Å². The zero-order valence-electron chi connectivity index (χ0n) is 18.9. The van der Waals surface area contributed by atoms with Gasteiger partial charge >= 0.3 is 0 Å². The standard InChI is InChI=1S/C24H32N6OS/c1-17(2)29-12-11-28(14-18-5-6-18)16-21(29)23-27-26-22-8-7-19(15-30(22)23)24(31)25-10-9-20-4-3-13-32-20/h3-4,7-8,13,15,17-18,21H,5-6,9-12,14,16H2,1-2H3,(H,25,31)/t21-/m1/s1. The van der Waals surface area contributed by atoms with Crippen LogP contribution in [0.25, 0.3) is 5.65 Å². The maximum atomic E-state index is 12.8. The second-order valence-electron chi connectivity index (χ2n) is 9.34. The summed E-state index contributed by atoms with van der Waals surface area (Å²) >= 11 is 1.72. The molecule has 1 atom stereocenters. The quantitative estimate of drug-likeness (QED) is 0.568. The molecule has 0 unspecified atom stereocenters. The highest BCUT2D eigenvalue weighted by molar-refractivity contribution is 7.09. The fourth-order valence-corrected chi connectivity index (χ4v) is 5.37. The molecule has 0 spiro atoms. The van der Waals surface area contributed by atoms with E-state index in [0.29, 0.717) is 18.2 Å². The van der Waals surface area contributed by atoms with E-state index in [9.17, 15) is 4.79 Å². The van der Waals surface area contributed by atoms with Gasteiger partial charge in [0.15, 0.2) is 11.5 Å². The SMILES string of the molecule is CC(C)N1CCN(CC2CC2)C[C@@H]1c1nnc2ccc(C(=O)NCCc3cccs3)cn12. The van der Waals surface area contributed by atoms with Crippen molar-refractivity contribution in [2.24, 2.45) is 5.92 Å². The minimum Gasteiger partial charge on any atom is -0.352 e. The lowest BCUT2D eigenvalue weighted by Gasteiger charge is -2.42. The predicted octanol–water partition coefficient (Wildman–Crippen LogP) is 3.24. The van der Waals surface area contributed by atoms with Crippen molar-refractivity contribution in [3.63, 3.8) is 0 Å². The summed E-state index contributed by atoms with van der Waals surface area (Å²) in [6.07, 6.45) is 5.50. The Morgan fingerprint density at radius 1 is 1.22 bits per heavy atom. The highest BCUT2D eigenvalue weighted by atomic mass is 32.1. The number of carbonyl (C=O) groups is 1. The van der Waals surface area contributed by atoms with Crippen LogP contribution < -0.4 is 5.32 Å². The van der Waals surface area contributed by atoms with E-state index in [0.717, 1.165) is 43.4 Å². The van der Waals surface area contributed by atoms with Crippen LogP contribution in [0, 0.1) is 5.92 Å². The van der Waals surface area contributed by atoms with Crippen LogP contribution >= 0.6 is 11.3 Å². The van der Waals surface area contributed by atoms with Crippen molar-refractivity contribution in [2.75, 3.05) is 32.7 Å². The smallest absolute Gasteiger partial charge is 0.252 e. The van der Waals surface area contributed by atoms with Crippen LogP contribution in [0.5, 0.6) is 0 Å². The number of nitrogens with zero attached hydrogens (tertiary/aromatic N) is 5. The summed E-state index contributed by atoms with van der Waals surface area (Å²) in [5.41, 5.74) is 1.43. The molecular formula is C24H32N6OS. The lowest BCUT2D eigenvalue weighted by Crippen LogP contribution is -2.51. The first kappa shape index (κ1) is 21.6. The van der Waals surface area contributed by atoms with Gasteiger partial charge in [0.2, 0.25) is 0 Å². The molecule has 0 bridgehead atoms. The number of thiophene rings is 1. The van der Waals surface area contributed by atoms with Crippen LogP contribution in [0.2, 0.25) is 0 Å². The molecule has 0 aromatic carbocycles. The Balaban J connectivity index is 1.35. The topological polar surface area (TPSA) is 65.8 Å². The maximum Gasteiger partial charge on any atom is 0.252 e. The van der Waals surface area contributed by atoms with Crippen molar-refractivity contribution >= 4 is 22.9 Å². The molecule has 170 valence electrons. The molecule has 0 radical (unpaired) electrons. The Kier molecular flexibility index (Phi) is 6.26. The van der Waals surface area contributed by atoms with Crippen LogP contribution in [-0.4, -0.2) is 69.1 Å². The molecule has 3 aromatic heterocycles. The second kappa shape index (κ2) is 9.29. The number of rotatable bonds is 8. The molecule has 1 saturated carbocycles. The fourth-order valence-electron chi connectivity index (χ4n) is 4.66. The van der Waals surface area contributed by atoms with Crippen molar-refractivity contribution in [1.29, 1.82) is 0 Å². The third-order valence-corrected chi connectivity index (χ3v) is 7.54. The van der Waals surface area contributed by atoms with E-state index < -0.39 is 0 Å². The molecular weight excluding hydrogens is 420 g/mol. The summed E-state index contributed by atoms with van der Waals surface area (Å²) in [6, 6.07) is 8.49. The summed E-state index contributed by atoms with van der Waals surface area (Å²) < 4.78 is 2.02. The van der Waals surface area contributed by atoms with Gasteiger partial charge in [0.25, 0.3) is 5.91 Å².